The van der Waals surface area contributed by atoms with Gasteiger partial charge in [-0.05, 0) is 0 Å². The summed E-state index contributed by atoms with van der Waals surface area (Å²) in [6.45, 7) is 5.05. The first-order valence-corrected chi connectivity index (χ1v) is 5.62. The van der Waals surface area contributed by atoms with Gasteiger partial charge in [-0.25, -0.2) is 0 Å². The van der Waals surface area contributed by atoms with Crippen LogP contribution in [0.1, 0.15) is 58.8 Å². The zero-order valence-electron chi connectivity index (χ0n) is 8.66. The number of rotatable bonds is 0. The standard InChI is InChI=1S/C11H21B/c1-10-6-3-4-7-11(2,12-10)9-5-8-10/h12H,3-9H2,1-2H3. The molecule has 2 heterocycles. The quantitative estimate of drug-likeness (QED) is 0.480. The Labute approximate surface area is 77.4 Å². The highest BCUT2D eigenvalue weighted by atomic mass is 14.3. The molecule has 0 aliphatic carbocycles. The summed E-state index contributed by atoms with van der Waals surface area (Å²) >= 11 is 0. The van der Waals surface area contributed by atoms with Crippen molar-refractivity contribution in [2.75, 3.05) is 0 Å². The molecule has 2 unspecified atom stereocenters. The molecule has 0 radical (unpaired) electrons. The summed E-state index contributed by atoms with van der Waals surface area (Å²) in [6.07, 6.45) is 10.5. The molecule has 2 saturated heterocycles. The molecule has 12 heavy (non-hydrogen) atoms. The second-order valence-corrected chi connectivity index (χ2v) is 5.86. The fourth-order valence-corrected chi connectivity index (χ4v) is 3.68. The molecule has 0 nitrogen and oxygen atoms in total. The molecular weight excluding hydrogens is 143 g/mol. The van der Waals surface area contributed by atoms with Gasteiger partial charge in [0.2, 0.25) is 0 Å². The highest BCUT2D eigenvalue weighted by Crippen LogP contribution is 2.55. The zero-order valence-corrected chi connectivity index (χ0v) is 8.66. The van der Waals surface area contributed by atoms with E-state index in [1.165, 1.54) is 52.2 Å². The Morgan fingerprint density at radius 1 is 0.750 bits per heavy atom. The summed E-state index contributed by atoms with van der Waals surface area (Å²) in [4.78, 5) is 0. The van der Waals surface area contributed by atoms with Crippen molar-refractivity contribution in [3.05, 3.63) is 0 Å². The Balaban J connectivity index is 2.17. The van der Waals surface area contributed by atoms with Crippen molar-refractivity contribution in [2.24, 2.45) is 0 Å². The Bertz CT molecular complexity index is 160. The van der Waals surface area contributed by atoms with Crippen molar-refractivity contribution in [3.63, 3.8) is 0 Å². The van der Waals surface area contributed by atoms with Crippen LogP contribution in [-0.4, -0.2) is 7.28 Å². The third-order valence-electron chi connectivity index (χ3n) is 4.22. The van der Waals surface area contributed by atoms with Crippen LogP contribution in [0.2, 0.25) is 10.6 Å². The lowest BCUT2D eigenvalue weighted by Gasteiger charge is -2.41. The van der Waals surface area contributed by atoms with Gasteiger partial charge < -0.3 is 0 Å². The first-order valence-electron chi connectivity index (χ1n) is 5.62. The van der Waals surface area contributed by atoms with Crippen LogP contribution in [0.15, 0.2) is 0 Å². The van der Waals surface area contributed by atoms with Gasteiger partial charge in [0.15, 0.2) is 0 Å². The molecule has 0 aromatic heterocycles. The number of fused-ring (bicyclic) bond motifs is 2. The lowest BCUT2D eigenvalue weighted by Crippen LogP contribution is -2.30. The van der Waals surface area contributed by atoms with Crippen LogP contribution in [0, 0.1) is 0 Å². The minimum absolute atomic E-state index is 0.726. The van der Waals surface area contributed by atoms with E-state index in [0.717, 1.165) is 10.6 Å². The van der Waals surface area contributed by atoms with Crippen LogP contribution in [0.5, 0.6) is 0 Å². The van der Waals surface area contributed by atoms with Crippen LogP contribution in [0.4, 0.5) is 0 Å². The number of hydrogen-bond acceptors (Lipinski definition) is 0. The molecule has 0 aromatic carbocycles. The highest BCUT2D eigenvalue weighted by Gasteiger charge is 2.41. The molecule has 2 aliphatic heterocycles. The summed E-state index contributed by atoms with van der Waals surface area (Å²) in [5.74, 6) is 0. The fourth-order valence-electron chi connectivity index (χ4n) is 3.68. The second kappa shape index (κ2) is 2.78. The third-order valence-corrected chi connectivity index (χ3v) is 4.22. The second-order valence-electron chi connectivity index (χ2n) is 5.86. The summed E-state index contributed by atoms with van der Waals surface area (Å²) in [6, 6.07) is 0. The maximum atomic E-state index is 2.52. The average Bonchev–Trinajstić information content (AvgIpc) is 2.06. The third kappa shape index (κ3) is 1.55. The van der Waals surface area contributed by atoms with Crippen molar-refractivity contribution in [1.82, 2.24) is 0 Å². The van der Waals surface area contributed by atoms with Gasteiger partial charge in [-0.1, -0.05) is 69.4 Å². The van der Waals surface area contributed by atoms with Crippen LogP contribution in [-0.2, 0) is 0 Å². The van der Waals surface area contributed by atoms with Gasteiger partial charge in [-0.3, -0.25) is 0 Å². The molecule has 0 N–H and O–H groups in total. The number of hydrogen-bond donors (Lipinski definition) is 0. The van der Waals surface area contributed by atoms with Crippen molar-refractivity contribution in [2.45, 2.75) is 69.4 Å². The van der Waals surface area contributed by atoms with Crippen molar-refractivity contribution >= 4 is 7.28 Å². The fraction of sp³-hybridized carbons (Fsp3) is 1.00. The van der Waals surface area contributed by atoms with E-state index in [9.17, 15) is 0 Å². The van der Waals surface area contributed by atoms with Crippen LogP contribution in [0.3, 0.4) is 0 Å². The predicted molar refractivity (Wildman–Crippen MR) is 56.2 cm³/mol. The van der Waals surface area contributed by atoms with E-state index >= 15 is 0 Å². The van der Waals surface area contributed by atoms with Crippen molar-refractivity contribution < 1.29 is 0 Å². The molecule has 0 spiro atoms. The lowest BCUT2D eigenvalue weighted by molar-refractivity contribution is 0.407. The smallest absolute Gasteiger partial charge is 0.0665 e. The van der Waals surface area contributed by atoms with Crippen LogP contribution < -0.4 is 0 Å². The lowest BCUT2D eigenvalue weighted by atomic mass is 9.34. The van der Waals surface area contributed by atoms with Gasteiger partial charge in [-0.15, -0.1) is 0 Å². The van der Waals surface area contributed by atoms with Gasteiger partial charge in [0, 0.05) is 0 Å². The van der Waals surface area contributed by atoms with E-state index in [-0.39, 0.29) is 0 Å². The largest absolute Gasteiger partial charge is 0.134 e. The highest BCUT2D eigenvalue weighted by molar-refractivity contribution is 6.44. The normalized spacial score (nSPS) is 47.8. The van der Waals surface area contributed by atoms with E-state index in [4.69, 9.17) is 0 Å². The van der Waals surface area contributed by atoms with E-state index in [1.807, 2.05) is 0 Å². The molecule has 0 saturated carbocycles. The average molecular weight is 164 g/mol. The molecule has 0 aromatic rings. The first kappa shape index (κ1) is 8.65. The molecule has 2 rings (SSSR count). The summed E-state index contributed by atoms with van der Waals surface area (Å²) in [5.41, 5.74) is 0. The van der Waals surface area contributed by atoms with E-state index in [1.54, 1.807) is 0 Å². The monoisotopic (exact) mass is 164 g/mol. The van der Waals surface area contributed by atoms with E-state index in [0.29, 0.717) is 0 Å². The van der Waals surface area contributed by atoms with Gasteiger partial charge in [0.1, 0.15) is 7.28 Å². The molecule has 1 heteroatoms. The van der Waals surface area contributed by atoms with Crippen LogP contribution >= 0.6 is 0 Å². The molecular formula is C11H21B. The molecule has 68 valence electrons. The first-order chi connectivity index (χ1) is 5.62. The van der Waals surface area contributed by atoms with Crippen molar-refractivity contribution in [1.29, 1.82) is 0 Å². The SMILES string of the molecule is CC12BC(C)(CCCC1)CCC2. The maximum absolute atomic E-state index is 2.52. The Kier molecular flexibility index (Phi) is 2.01. The molecule has 2 atom stereocenters. The minimum atomic E-state index is 0.726. The Hall–Kier alpha value is 0.0649. The van der Waals surface area contributed by atoms with Gasteiger partial charge in [0.05, 0.1) is 0 Å². The maximum Gasteiger partial charge on any atom is 0.134 e. The zero-order chi connectivity index (χ0) is 8.66. The predicted octanol–water partition coefficient (Wildman–Crippen LogP) is 3.54. The van der Waals surface area contributed by atoms with E-state index < -0.39 is 0 Å². The topological polar surface area (TPSA) is 0 Å². The molecule has 2 bridgehead atoms. The van der Waals surface area contributed by atoms with Gasteiger partial charge >= 0.3 is 0 Å². The van der Waals surface area contributed by atoms with E-state index in [2.05, 4.69) is 13.8 Å². The van der Waals surface area contributed by atoms with Gasteiger partial charge in [-0.2, -0.15) is 0 Å². The Morgan fingerprint density at radius 3 is 1.67 bits per heavy atom. The summed E-state index contributed by atoms with van der Waals surface area (Å²) < 4.78 is 0. The van der Waals surface area contributed by atoms with Gasteiger partial charge in [0.25, 0.3) is 0 Å². The molecule has 2 aliphatic rings. The summed E-state index contributed by atoms with van der Waals surface area (Å²) in [5, 5.41) is 1.45. The Morgan fingerprint density at radius 2 is 1.17 bits per heavy atom. The molecule has 2 fully saturated rings. The summed E-state index contributed by atoms with van der Waals surface area (Å²) in [7, 11) is 1.51. The van der Waals surface area contributed by atoms with Crippen LogP contribution in [0.25, 0.3) is 0 Å². The minimum Gasteiger partial charge on any atom is -0.0665 e. The molecule has 0 amide bonds. The van der Waals surface area contributed by atoms with Crippen molar-refractivity contribution in [3.8, 4) is 0 Å².